The van der Waals surface area contributed by atoms with Gasteiger partial charge >= 0.3 is 0 Å². The Morgan fingerprint density at radius 2 is 2.00 bits per heavy atom. The van der Waals surface area contributed by atoms with E-state index >= 15 is 0 Å². The minimum Gasteiger partial charge on any atom is -0.387 e. The number of hydrogen-bond donors (Lipinski definition) is 2. The molecule has 0 aromatic heterocycles. The fraction of sp³-hybridized carbons (Fsp3) is 0.286. The number of anilines is 1. The highest BCUT2D eigenvalue weighted by Crippen LogP contribution is 2.34. The van der Waals surface area contributed by atoms with Crippen molar-refractivity contribution in [2.45, 2.75) is 26.7 Å². The van der Waals surface area contributed by atoms with E-state index < -0.39 is 17.6 Å². The lowest BCUT2D eigenvalue weighted by atomic mass is 9.92. The van der Waals surface area contributed by atoms with Crippen LogP contribution >= 0.6 is 0 Å². The van der Waals surface area contributed by atoms with E-state index in [0.29, 0.717) is 17.2 Å². The molecule has 5 nitrogen and oxygen atoms in total. The summed E-state index contributed by atoms with van der Waals surface area (Å²) in [5.41, 5.74) is 3.65. The molecule has 0 saturated heterocycles. The van der Waals surface area contributed by atoms with E-state index in [1.165, 1.54) is 18.6 Å². The quantitative estimate of drug-likeness (QED) is 0.855. The summed E-state index contributed by atoms with van der Waals surface area (Å²) in [6.07, 6.45) is 3.97. The van der Waals surface area contributed by atoms with Gasteiger partial charge in [0, 0.05) is 20.2 Å². The van der Waals surface area contributed by atoms with Gasteiger partial charge in [-0.2, -0.15) is 0 Å². The van der Waals surface area contributed by atoms with Gasteiger partial charge in [-0.05, 0) is 53.6 Å². The average Bonchev–Trinajstić information content (AvgIpc) is 2.65. The molecule has 0 radical (unpaired) electrons. The first-order chi connectivity index (χ1) is 12.9. The van der Waals surface area contributed by atoms with Crippen LogP contribution in [0.4, 0.5) is 15.8 Å². The second-order valence-electron chi connectivity index (χ2n) is 6.64. The molecule has 0 aliphatic carbocycles. The molecule has 1 atom stereocenters. The predicted octanol–water partition coefficient (Wildman–Crippen LogP) is 4.10. The van der Waals surface area contributed by atoms with Crippen molar-refractivity contribution in [3.05, 3.63) is 47.3 Å². The van der Waals surface area contributed by atoms with Crippen LogP contribution in [0, 0.1) is 11.7 Å². The average molecular weight is 367 g/mol. The zero-order valence-electron chi connectivity index (χ0n) is 15.6. The molecule has 1 aliphatic heterocycles. The van der Waals surface area contributed by atoms with E-state index in [0.717, 1.165) is 24.1 Å². The fourth-order valence-corrected chi connectivity index (χ4v) is 3.23. The molecule has 0 bridgehead atoms. The third-order valence-corrected chi connectivity index (χ3v) is 4.73. The molecule has 2 N–H and O–H groups in total. The second kappa shape index (κ2) is 7.70. The zero-order chi connectivity index (χ0) is 19.6. The smallest absolute Gasteiger partial charge is 0.262 e. The van der Waals surface area contributed by atoms with Crippen molar-refractivity contribution in [2.75, 3.05) is 12.4 Å². The third-order valence-electron chi connectivity index (χ3n) is 4.73. The van der Waals surface area contributed by atoms with Crippen LogP contribution in [0.15, 0.2) is 35.3 Å². The number of amides is 2. The van der Waals surface area contributed by atoms with Gasteiger partial charge in [-0.1, -0.05) is 19.1 Å². The number of hydrogen-bond acceptors (Lipinski definition) is 4. The maximum Gasteiger partial charge on any atom is 0.262 e. The molecular formula is C21H22FN3O2. The lowest BCUT2D eigenvalue weighted by Crippen LogP contribution is -2.29. The Bertz CT molecular complexity index is 937. The van der Waals surface area contributed by atoms with Gasteiger partial charge in [-0.3, -0.25) is 19.9 Å². The number of halogens is 1. The molecule has 1 heterocycles. The number of benzene rings is 2. The second-order valence-corrected chi connectivity index (χ2v) is 6.64. The van der Waals surface area contributed by atoms with Gasteiger partial charge in [0.2, 0.25) is 5.91 Å². The molecule has 0 saturated carbocycles. The summed E-state index contributed by atoms with van der Waals surface area (Å²) in [5.74, 6) is -1.54. The Balaban J connectivity index is 2.00. The van der Waals surface area contributed by atoms with Gasteiger partial charge in [0.05, 0.1) is 16.9 Å². The topological polar surface area (TPSA) is 70.6 Å². The minimum absolute atomic E-state index is 0.182. The molecule has 1 aliphatic rings. The molecule has 0 spiro atoms. The van der Waals surface area contributed by atoms with Crippen LogP contribution in [0.3, 0.4) is 0 Å². The molecule has 1 unspecified atom stereocenters. The Kier molecular flexibility index (Phi) is 5.35. The molecule has 140 valence electrons. The third kappa shape index (κ3) is 3.89. The zero-order valence-corrected chi connectivity index (χ0v) is 15.6. The minimum atomic E-state index is -0.767. The van der Waals surface area contributed by atoms with Crippen molar-refractivity contribution in [2.24, 2.45) is 10.9 Å². The van der Waals surface area contributed by atoms with Gasteiger partial charge in [0.15, 0.2) is 0 Å². The van der Waals surface area contributed by atoms with Gasteiger partial charge < -0.3 is 5.32 Å². The van der Waals surface area contributed by atoms with Crippen LogP contribution in [0.25, 0.3) is 11.1 Å². The predicted molar refractivity (Wildman–Crippen MR) is 105 cm³/mol. The first kappa shape index (κ1) is 18.8. The van der Waals surface area contributed by atoms with Crippen molar-refractivity contribution in [3.8, 4) is 11.1 Å². The van der Waals surface area contributed by atoms with Gasteiger partial charge in [0.1, 0.15) is 5.82 Å². The van der Waals surface area contributed by atoms with Crippen molar-refractivity contribution in [1.82, 2.24) is 5.32 Å². The van der Waals surface area contributed by atoms with Crippen LogP contribution in [0.1, 0.15) is 36.2 Å². The maximum absolute atomic E-state index is 14.7. The van der Waals surface area contributed by atoms with Gasteiger partial charge in [-0.25, -0.2) is 4.39 Å². The molecule has 6 heteroatoms. The first-order valence-corrected chi connectivity index (χ1v) is 8.93. The van der Waals surface area contributed by atoms with Crippen molar-refractivity contribution in [1.29, 1.82) is 0 Å². The van der Waals surface area contributed by atoms with Crippen LogP contribution in [-0.4, -0.2) is 25.1 Å². The summed E-state index contributed by atoms with van der Waals surface area (Å²) in [7, 11) is 1.60. The SMILES string of the molecule is CCC1C=Nc2cc(-c3cc(F)c(C(=O)NC(C)=O)c(NC)c3)ccc2C1. The number of carbonyl (C=O) groups excluding carboxylic acids is 2. The van der Waals surface area contributed by atoms with Gasteiger partial charge in [-0.15, -0.1) is 0 Å². The number of fused-ring (bicyclic) bond motifs is 1. The fourth-order valence-electron chi connectivity index (χ4n) is 3.23. The van der Waals surface area contributed by atoms with Crippen LogP contribution in [-0.2, 0) is 11.2 Å². The van der Waals surface area contributed by atoms with Gasteiger partial charge in [0.25, 0.3) is 5.91 Å². The molecule has 2 aromatic rings. The molecular weight excluding hydrogens is 345 g/mol. The molecule has 0 fully saturated rings. The van der Waals surface area contributed by atoms with Crippen molar-refractivity contribution in [3.63, 3.8) is 0 Å². The highest BCUT2D eigenvalue weighted by molar-refractivity contribution is 6.08. The number of rotatable bonds is 4. The van der Waals surface area contributed by atoms with Crippen molar-refractivity contribution >= 4 is 29.4 Å². The van der Waals surface area contributed by atoms with Crippen molar-refractivity contribution < 1.29 is 14.0 Å². The summed E-state index contributed by atoms with van der Waals surface area (Å²) < 4.78 is 14.7. The Hall–Kier alpha value is -3.02. The summed E-state index contributed by atoms with van der Waals surface area (Å²) in [6, 6.07) is 8.90. The maximum atomic E-state index is 14.7. The monoisotopic (exact) mass is 367 g/mol. The lowest BCUT2D eigenvalue weighted by Gasteiger charge is -2.18. The molecule has 27 heavy (non-hydrogen) atoms. The first-order valence-electron chi connectivity index (χ1n) is 8.93. The number of nitrogens with one attached hydrogen (secondary N) is 2. The molecule has 2 amide bonds. The molecule has 3 rings (SSSR count). The highest BCUT2D eigenvalue weighted by Gasteiger charge is 2.20. The summed E-state index contributed by atoms with van der Waals surface area (Å²) in [5, 5.41) is 4.94. The number of aliphatic imine (C=N–C) groups is 1. The summed E-state index contributed by atoms with van der Waals surface area (Å²) in [6.45, 7) is 3.35. The number of carbonyl (C=O) groups is 2. The summed E-state index contributed by atoms with van der Waals surface area (Å²) in [4.78, 5) is 27.8. The Morgan fingerprint density at radius 3 is 2.67 bits per heavy atom. The molecule has 2 aromatic carbocycles. The summed E-state index contributed by atoms with van der Waals surface area (Å²) >= 11 is 0. The highest BCUT2D eigenvalue weighted by atomic mass is 19.1. The van der Waals surface area contributed by atoms with Crippen LogP contribution in [0.2, 0.25) is 0 Å². The normalized spacial score (nSPS) is 15.2. The van der Waals surface area contributed by atoms with E-state index in [9.17, 15) is 14.0 Å². The Morgan fingerprint density at radius 1 is 1.22 bits per heavy atom. The van der Waals surface area contributed by atoms with Crippen LogP contribution in [0.5, 0.6) is 0 Å². The van der Waals surface area contributed by atoms with Crippen LogP contribution < -0.4 is 10.6 Å². The van der Waals surface area contributed by atoms with E-state index in [1.54, 1.807) is 13.1 Å². The van der Waals surface area contributed by atoms with E-state index in [-0.39, 0.29) is 5.56 Å². The number of imide groups is 1. The standard InChI is InChI=1S/C21H22FN3O2/c1-4-13-7-15-6-5-14(9-18(15)24-11-13)16-8-17(22)20(19(10-16)23-3)21(27)25-12(2)26/h5-6,8-11,13,23H,4,7H2,1-3H3,(H,25,26,27). The van der Waals surface area contributed by atoms with E-state index in [1.807, 2.05) is 24.4 Å². The van der Waals surface area contributed by atoms with E-state index in [4.69, 9.17) is 0 Å². The largest absolute Gasteiger partial charge is 0.387 e. The number of nitrogens with zero attached hydrogens (tertiary/aromatic N) is 1. The lowest BCUT2D eigenvalue weighted by molar-refractivity contribution is -0.118. The Labute approximate surface area is 157 Å². The van der Waals surface area contributed by atoms with E-state index in [2.05, 4.69) is 22.5 Å².